The van der Waals surface area contributed by atoms with Crippen LogP contribution in [0.5, 0.6) is 0 Å². The number of hydrogen-bond acceptors (Lipinski definition) is 3. The third-order valence-electron chi connectivity index (χ3n) is 3.65. The van der Waals surface area contributed by atoms with Crippen LogP contribution < -0.4 is 5.32 Å². The van der Waals surface area contributed by atoms with Gasteiger partial charge in [-0.15, -0.1) is 6.58 Å². The summed E-state index contributed by atoms with van der Waals surface area (Å²) in [5.74, 6) is 1.16. The Kier molecular flexibility index (Phi) is 4.57. The smallest absolute Gasteiger partial charge is 0.286 e. The molecule has 0 saturated heterocycles. The summed E-state index contributed by atoms with van der Waals surface area (Å²) in [5.41, 5.74) is 2.10. The van der Waals surface area contributed by atoms with E-state index in [1.807, 2.05) is 24.3 Å². The Hall–Kier alpha value is -2.82. The summed E-state index contributed by atoms with van der Waals surface area (Å²) in [6, 6.07) is 11.4. The van der Waals surface area contributed by atoms with Gasteiger partial charge in [0.2, 0.25) is 0 Å². The number of carbonyl (C=O) groups is 1. The Labute approximate surface area is 134 Å². The number of rotatable bonds is 7. The minimum Gasteiger partial charge on any atom is -0.459 e. The van der Waals surface area contributed by atoms with Crippen LogP contribution in [-0.4, -0.2) is 22.0 Å². The summed E-state index contributed by atoms with van der Waals surface area (Å²) in [6.45, 7) is 5.13. The van der Waals surface area contributed by atoms with Gasteiger partial charge in [0.15, 0.2) is 5.76 Å². The number of amides is 1. The van der Waals surface area contributed by atoms with Crippen molar-refractivity contribution in [3.8, 4) is 0 Å². The molecule has 0 spiro atoms. The molecule has 0 aliphatic carbocycles. The van der Waals surface area contributed by atoms with Crippen LogP contribution in [0.3, 0.4) is 0 Å². The van der Waals surface area contributed by atoms with Crippen LogP contribution >= 0.6 is 0 Å². The number of carbonyl (C=O) groups excluding carboxylic acids is 1. The van der Waals surface area contributed by atoms with Gasteiger partial charge in [0.1, 0.15) is 5.82 Å². The maximum absolute atomic E-state index is 11.8. The highest BCUT2D eigenvalue weighted by atomic mass is 16.3. The van der Waals surface area contributed by atoms with Gasteiger partial charge in [-0.3, -0.25) is 4.79 Å². The summed E-state index contributed by atoms with van der Waals surface area (Å²) < 4.78 is 7.23. The zero-order chi connectivity index (χ0) is 16.1. The minimum atomic E-state index is -0.186. The molecule has 0 aliphatic heterocycles. The summed E-state index contributed by atoms with van der Waals surface area (Å²) in [4.78, 5) is 16.5. The van der Waals surface area contributed by atoms with E-state index >= 15 is 0 Å². The van der Waals surface area contributed by atoms with Crippen molar-refractivity contribution in [2.75, 3.05) is 6.54 Å². The number of para-hydroxylation sites is 2. The normalized spacial score (nSPS) is 10.8. The molecule has 0 unspecified atom stereocenters. The van der Waals surface area contributed by atoms with Gasteiger partial charge < -0.3 is 14.3 Å². The first-order valence-electron chi connectivity index (χ1n) is 7.66. The van der Waals surface area contributed by atoms with Gasteiger partial charge >= 0.3 is 0 Å². The molecule has 2 heterocycles. The maximum Gasteiger partial charge on any atom is 0.286 e. The molecule has 3 rings (SSSR count). The van der Waals surface area contributed by atoms with Gasteiger partial charge in [0.05, 0.1) is 17.3 Å². The van der Waals surface area contributed by atoms with Crippen LogP contribution in [0.25, 0.3) is 11.0 Å². The number of imidazole rings is 1. The Bertz CT molecular complexity index is 803. The van der Waals surface area contributed by atoms with E-state index in [4.69, 9.17) is 4.42 Å². The summed E-state index contributed by atoms with van der Waals surface area (Å²) in [7, 11) is 0. The van der Waals surface area contributed by atoms with E-state index < -0.39 is 0 Å². The van der Waals surface area contributed by atoms with Crippen molar-refractivity contribution in [1.82, 2.24) is 14.9 Å². The largest absolute Gasteiger partial charge is 0.459 e. The molecule has 3 aromatic rings. The van der Waals surface area contributed by atoms with Crippen LogP contribution in [0.1, 0.15) is 22.8 Å². The van der Waals surface area contributed by atoms with E-state index in [0.717, 1.165) is 36.2 Å². The average molecular weight is 309 g/mol. The van der Waals surface area contributed by atoms with E-state index in [1.54, 1.807) is 12.1 Å². The molecular weight excluding hydrogens is 290 g/mol. The van der Waals surface area contributed by atoms with E-state index in [-0.39, 0.29) is 5.91 Å². The number of aryl methyl sites for hydroxylation is 1. The lowest BCUT2D eigenvalue weighted by Gasteiger charge is -2.07. The lowest BCUT2D eigenvalue weighted by Crippen LogP contribution is -2.24. The second-order valence-electron chi connectivity index (χ2n) is 5.25. The molecule has 0 aliphatic rings. The fourth-order valence-corrected chi connectivity index (χ4v) is 2.59. The molecule has 2 aromatic heterocycles. The third-order valence-corrected chi connectivity index (χ3v) is 3.65. The average Bonchev–Trinajstić information content (AvgIpc) is 3.20. The minimum absolute atomic E-state index is 0.186. The molecule has 1 aromatic carbocycles. The number of furan rings is 1. The number of nitrogens with one attached hydrogen (secondary N) is 1. The Morgan fingerprint density at radius 3 is 2.96 bits per heavy atom. The molecule has 1 N–H and O–H groups in total. The lowest BCUT2D eigenvalue weighted by atomic mass is 10.3. The first-order valence-corrected chi connectivity index (χ1v) is 7.66. The molecule has 118 valence electrons. The van der Waals surface area contributed by atoms with Crippen molar-refractivity contribution in [2.24, 2.45) is 0 Å². The first kappa shape index (κ1) is 15.1. The molecule has 0 radical (unpaired) electrons. The van der Waals surface area contributed by atoms with Crippen molar-refractivity contribution in [3.05, 3.63) is 66.9 Å². The van der Waals surface area contributed by atoms with Gasteiger partial charge in [-0.1, -0.05) is 18.2 Å². The van der Waals surface area contributed by atoms with Gasteiger partial charge in [-0.2, -0.15) is 0 Å². The van der Waals surface area contributed by atoms with Gasteiger partial charge in [0.25, 0.3) is 5.91 Å². The second kappa shape index (κ2) is 6.96. The van der Waals surface area contributed by atoms with Gasteiger partial charge in [-0.25, -0.2) is 4.98 Å². The number of allylic oxidation sites excluding steroid dienone is 1. The van der Waals surface area contributed by atoms with Crippen LogP contribution in [-0.2, 0) is 13.0 Å². The van der Waals surface area contributed by atoms with Gasteiger partial charge in [-0.05, 0) is 30.7 Å². The zero-order valence-electron chi connectivity index (χ0n) is 12.9. The standard InChI is InChI=1S/C18H19N3O2/c1-2-12-21-15-8-4-3-7-14(15)20-17(21)10-5-11-19-18(22)16-9-6-13-23-16/h2-4,6-9,13H,1,5,10-12H2,(H,19,22). The molecule has 23 heavy (non-hydrogen) atoms. The number of hydrogen-bond donors (Lipinski definition) is 1. The maximum atomic E-state index is 11.8. The predicted octanol–water partition coefficient (Wildman–Crippen LogP) is 3.18. The quantitative estimate of drug-likeness (QED) is 0.538. The Balaban J connectivity index is 1.61. The lowest BCUT2D eigenvalue weighted by molar-refractivity contribution is 0.0925. The fraction of sp³-hybridized carbons (Fsp3) is 0.222. The van der Waals surface area contributed by atoms with E-state index in [9.17, 15) is 4.79 Å². The summed E-state index contributed by atoms with van der Waals surface area (Å²) in [5, 5.41) is 2.85. The molecule has 5 nitrogen and oxygen atoms in total. The Morgan fingerprint density at radius 1 is 1.30 bits per heavy atom. The third kappa shape index (κ3) is 3.34. The van der Waals surface area contributed by atoms with Crippen LogP contribution in [0, 0.1) is 0 Å². The summed E-state index contributed by atoms with van der Waals surface area (Å²) in [6.07, 6.45) is 4.97. The zero-order valence-corrected chi connectivity index (χ0v) is 12.9. The van der Waals surface area contributed by atoms with Crippen molar-refractivity contribution in [2.45, 2.75) is 19.4 Å². The Morgan fingerprint density at radius 2 is 2.17 bits per heavy atom. The van der Waals surface area contributed by atoms with Crippen LogP contribution in [0.2, 0.25) is 0 Å². The van der Waals surface area contributed by atoms with Crippen LogP contribution in [0.15, 0.2) is 59.7 Å². The van der Waals surface area contributed by atoms with E-state index in [0.29, 0.717) is 12.3 Å². The van der Waals surface area contributed by atoms with Crippen molar-refractivity contribution in [3.63, 3.8) is 0 Å². The molecule has 0 saturated carbocycles. The van der Waals surface area contributed by atoms with Crippen molar-refractivity contribution >= 4 is 16.9 Å². The molecule has 5 heteroatoms. The monoisotopic (exact) mass is 309 g/mol. The molecule has 0 bridgehead atoms. The molecule has 0 atom stereocenters. The van der Waals surface area contributed by atoms with E-state index in [2.05, 4.69) is 27.5 Å². The number of nitrogens with zero attached hydrogens (tertiary/aromatic N) is 2. The molecule has 0 fully saturated rings. The number of fused-ring (bicyclic) bond motifs is 1. The topological polar surface area (TPSA) is 60.1 Å². The highest BCUT2D eigenvalue weighted by Crippen LogP contribution is 2.17. The number of benzene rings is 1. The van der Waals surface area contributed by atoms with Crippen molar-refractivity contribution < 1.29 is 9.21 Å². The van der Waals surface area contributed by atoms with E-state index in [1.165, 1.54) is 6.26 Å². The molecular formula is C18H19N3O2. The second-order valence-corrected chi connectivity index (χ2v) is 5.25. The highest BCUT2D eigenvalue weighted by molar-refractivity contribution is 5.91. The van der Waals surface area contributed by atoms with Crippen molar-refractivity contribution in [1.29, 1.82) is 0 Å². The van der Waals surface area contributed by atoms with Crippen LogP contribution in [0.4, 0.5) is 0 Å². The van der Waals surface area contributed by atoms with Gasteiger partial charge in [0, 0.05) is 19.5 Å². The fourth-order valence-electron chi connectivity index (χ4n) is 2.59. The SMILES string of the molecule is C=CCn1c(CCCNC(=O)c2ccco2)nc2ccccc21. The number of aromatic nitrogens is 2. The first-order chi connectivity index (χ1) is 11.3. The highest BCUT2D eigenvalue weighted by Gasteiger charge is 2.10. The summed E-state index contributed by atoms with van der Waals surface area (Å²) >= 11 is 0. The molecule has 1 amide bonds. The predicted molar refractivity (Wildman–Crippen MR) is 89.3 cm³/mol.